The van der Waals surface area contributed by atoms with E-state index in [0.717, 1.165) is 36.5 Å². The largest absolute Gasteiger partial charge is 0.488 e. The van der Waals surface area contributed by atoms with Crippen molar-refractivity contribution in [2.75, 3.05) is 24.5 Å². The van der Waals surface area contributed by atoms with Crippen LogP contribution >= 0.6 is 0 Å². The number of benzene rings is 2. The number of hydrogen-bond donors (Lipinski definition) is 1. The highest BCUT2D eigenvalue weighted by molar-refractivity contribution is 5.96. The Labute approximate surface area is 177 Å². The summed E-state index contributed by atoms with van der Waals surface area (Å²) in [6, 6.07) is 17.6. The van der Waals surface area contributed by atoms with Gasteiger partial charge in [-0.2, -0.15) is 0 Å². The molecule has 1 aromatic heterocycles. The summed E-state index contributed by atoms with van der Waals surface area (Å²) in [5, 5.41) is 6.95. The molecule has 6 nitrogen and oxygen atoms in total. The fourth-order valence-corrected chi connectivity index (χ4v) is 3.31. The number of rotatable bonds is 10. The van der Waals surface area contributed by atoms with E-state index >= 15 is 0 Å². The van der Waals surface area contributed by atoms with Gasteiger partial charge in [0.2, 0.25) is 0 Å². The number of aryl methyl sites for hydroxylation is 2. The Morgan fingerprint density at radius 2 is 1.83 bits per heavy atom. The Balaban J connectivity index is 1.53. The van der Waals surface area contributed by atoms with Crippen molar-refractivity contribution in [3.63, 3.8) is 0 Å². The minimum absolute atomic E-state index is 0.132. The van der Waals surface area contributed by atoms with Gasteiger partial charge in [-0.3, -0.25) is 4.79 Å². The van der Waals surface area contributed by atoms with Crippen LogP contribution in [0.15, 0.2) is 59.1 Å². The molecule has 1 amide bonds. The van der Waals surface area contributed by atoms with Crippen molar-refractivity contribution < 1.29 is 14.1 Å². The number of carbonyl (C=O) groups is 1. The molecule has 0 atom stereocenters. The van der Waals surface area contributed by atoms with Crippen molar-refractivity contribution in [3.05, 3.63) is 77.2 Å². The van der Waals surface area contributed by atoms with Crippen molar-refractivity contribution in [2.45, 2.75) is 33.8 Å². The van der Waals surface area contributed by atoms with Gasteiger partial charge in [-0.15, -0.1) is 0 Å². The third-order valence-corrected chi connectivity index (χ3v) is 5.08. The topological polar surface area (TPSA) is 67.6 Å². The van der Waals surface area contributed by atoms with Crippen LogP contribution in [0.1, 0.15) is 40.7 Å². The summed E-state index contributed by atoms with van der Waals surface area (Å²) in [6.45, 7) is 8.59. The van der Waals surface area contributed by atoms with Crippen LogP contribution in [0, 0.1) is 13.8 Å². The standard InChI is InChI=1S/C24H29N3O3/c1-4-27(20-11-6-5-7-12-20)16-10-15-25-24(28)21-13-8-9-14-23(21)29-17-22-18(2)26-30-19(22)3/h5-9,11-14H,4,10,15-17H2,1-3H3,(H,25,28). The molecule has 0 aliphatic heterocycles. The molecule has 158 valence electrons. The summed E-state index contributed by atoms with van der Waals surface area (Å²) < 4.78 is 11.1. The molecule has 1 heterocycles. The fourth-order valence-electron chi connectivity index (χ4n) is 3.31. The lowest BCUT2D eigenvalue weighted by atomic mass is 10.1. The van der Waals surface area contributed by atoms with E-state index in [1.54, 1.807) is 12.1 Å². The van der Waals surface area contributed by atoms with E-state index in [1.807, 2.05) is 44.2 Å². The van der Waals surface area contributed by atoms with Crippen LogP contribution in [0.25, 0.3) is 0 Å². The van der Waals surface area contributed by atoms with E-state index in [1.165, 1.54) is 5.69 Å². The van der Waals surface area contributed by atoms with Crippen LogP contribution in [0.4, 0.5) is 5.69 Å². The summed E-state index contributed by atoms with van der Waals surface area (Å²) in [5.41, 5.74) is 3.43. The number of para-hydroxylation sites is 2. The molecule has 1 N–H and O–H groups in total. The molecule has 3 rings (SSSR count). The third-order valence-electron chi connectivity index (χ3n) is 5.08. The van der Waals surface area contributed by atoms with E-state index in [0.29, 0.717) is 24.5 Å². The van der Waals surface area contributed by atoms with Crippen LogP contribution in [-0.2, 0) is 6.61 Å². The molecule has 0 radical (unpaired) electrons. The van der Waals surface area contributed by atoms with E-state index in [9.17, 15) is 4.79 Å². The molecule has 6 heteroatoms. The molecule has 0 saturated heterocycles. The predicted octanol–water partition coefficient (Wildman–Crippen LogP) is 4.52. The summed E-state index contributed by atoms with van der Waals surface area (Å²) in [4.78, 5) is 15.0. The number of amides is 1. The summed E-state index contributed by atoms with van der Waals surface area (Å²) in [7, 11) is 0. The van der Waals surface area contributed by atoms with Crippen LogP contribution in [-0.4, -0.2) is 30.7 Å². The first-order valence-electron chi connectivity index (χ1n) is 10.3. The highest BCUT2D eigenvalue weighted by Gasteiger charge is 2.14. The minimum Gasteiger partial charge on any atom is -0.488 e. The summed E-state index contributed by atoms with van der Waals surface area (Å²) >= 11 is 0. The van der Waals surface area contributed by atoms with Crippen molar-refractivity contribution >= 4 is 11.6 Å². The Bertz CT molecular complexity index is 934. The lowest BCUT2D eigenvalue weighted by molar-refractivity contribution is 0.0949. The molecular formula is C24H29N3O3. The Morgan fingerprint density at radius 3 is 2.53 bits per heavy atom. The van der Waals surface area contributed by atoms with Gasteiger partial charge in [0.25, 0.3) is 5.91 Å². The van der Waals surface area contributed by atoms with Gasteiger partial charge in [0.1, 0.15) is 18.1 Å². The van der Waals surface area contributed by atoms with E-state index in [-0.39, 0.29) is 5.91 Å². The molecule has 0 bridgehead atoms. The maximum Gasteiger partial charge on any atom is 0.255 e. The SMILES string of the molecule is CCN(CCCNC(=O)c1ccccc1OCc1c(C)noc1C)c1ccccc1. The number of aromatic nitrogens is 1. The maximum atomic E-state index is 12.7. The molecule has 0 aliphatic carbocycles. The normalized spacial score (nSPS) is 10.6. The van der Waals surface area contributed by atoms with Crippen LogP contribution < -0.4 is 15.0 Å². The average Bonchev–Trinajstić information content (AvgIpc) is 3.10. The highest BCUT2D eigenvalue weighted by atomic mass is 16.5. The van der Waals surface area contributed by atoms with E-state index in [2.05, 4.69) is 34.4 Å². The molecule has 0 aliphatic rings. The van der Waals surface area contributed by atoms with Gasteiger partial charge in [-0.25, -0.2) is 0 Å². The van der Waals surface area contributed by atoms with Crippen LogP contribution in [0.2, 0.25) is 0 Å². The molecule has 0 saturated carbocycles. The monoisotopic (exact) mass is 407 g/mol. The second kappa shape index (κ2) is 10.5. The summed E-state index contributed by atoms with van der Waals surface area (Å²) in [6.07, 6.45) is 0.858. The van der Waals surface area contributed by atoms with Crippen molar-refractivity contribution in [1.82, 2.24) is 10.5 Å². The smallest absolute Gasteiger partial charge is 0.255 e. The molecule has 3 aromatic rings. The van der Waals surface area contributed by atoms with E-state index < -0.39 is 0 Å². The van der Waals surface area contributed by atoms with Gasteiger partial charge < -0.3 is 19.5 Å². The predicted molar refractivity (Wildman–Crippen MR) is 118 cm³/mol. The van der Waals surface area contributed by atoms with Gasteiger partial charge >= 0.3 is 0 Å². The fraction of sp³-hybridized carbons (Fsp3) is 0.333. The van der Waals surface area contributed by atoms with Gasteiger partial charge in [-0.1, -0.05) is 35.5 Å². The first kappa shape index (κ1) is 21.4. The van der Waals surface area contributed by atoms with Gasteiger partial charge in [-0.05, 0) is 51.5 Å². The number of nitrogens with one attached hydrogen (secondary N) is 1. The highest BCUT2D eigenvalue weighted by Crippen LogP contribution is 2.21. The second-order valence-corrected chi connectivity index (χ2v) is 7.11. The summed E-state index contributed by atoms with van der Waals surface area (Å²) in [5.74, 6) is 1.15. The number of carbonyl (C=O) groups excluding carboxylic acids is 1. The number of hydrogen-bond acceptors (Lipinski definition) is 5. The Kier molecular flexibility index (Phi) is 7.49. The zero-order chi connectivity index (χ0) is 21.3. The molecule has 0 spiro atoms. The zero-order valence-electron chi connectivity index (χ0n) is 17.9. The lowest BCUT2D eigenvalue weighted by Crippen LogP contribution is -2.30. The van der Waals surface area contributed by atoms with Crippen molar-refractivity contribution in [2.24, 2.45) is 0 Å². The molecule has 0 unspecified atom stereocenters. The maximum absolute atomic E-state index is 12.7. The molecule has 2 aromatic carbocycles. The van der Waals surface area contributed by atoms with Gasteiger partial charge in [0.05, 0.1) is 16.8 Å². The third kappa shape index (κ3) is 5.41. The first-order chi connectivity index (χ1) is 14.6. The van der Waals surface area contributed by atoms with Crippen LogP contribution in [0.5, 0.6) is 5.75 Å². The Hall–Kier alpha value is -3.28. The molecule has 30 heavy (non-hydrogen) atoms. The zero-order valence-corrected chi connectivity index (χ0v) is 17.9. The van der Waals surface area contributed by atoms with Gasteiger partial charge in [0.15, 0.2) is 0 Å². The number of ether oxygens (including phenoxy) is 1. The lowest BCUT2D eigenvalue weighted by Gasteiger charge is -2.23. The van der Waals surface area contributed by atoms with E-state index in [4.69, 9.17) is 9.26 Å². The van der Waals surface area contributed by atoms with Crippen molar-refractivity contribution in [3.8, 4) is 5.75 Å². The minimum atomic E-state index is -0.132. The second-order valence-electron chi connectivity index (χ2n) is 7.11. The van der Waals surface area contributed by atoms with Gasteiger partial charge in [0, 0.05) is 25.3 Å². The average molecular weight is 408 g/mol. The van der Waals surface area contributed by atoms with Crippen molar-refractivity contribution in [1.29, 1.82) is 0 Å². The quantitative estimate of drug-likeness (QED) is 0.501. The van der Waals surface area contributed by atoms with Crippen LogP contribution in [0.3, 0.4) is 0 Å². The number of nitrogens with zero attached hydrogens (tertiary/aromatic N) is 2. The number of anilines is 1. The first-order valence-corrected chi connectivity index (χ1v) is 10.3. The Morgan fingerprint density at radius 1 is 1.10 bits per heavy atom. The molecular weight excluding hydrogens is 378 g/mol. The molecule has 0 fully saturated rings.